The van der Waals surface area contributed by atoms with Crippen molar-refractivity contribution in [2.24, 2.45) is 0 Å². The second-order valence-electron chi connectivity index (χ2n) is 9.94. The quantitative estimate of drug-likeness (QED) is 0.192. The van der Waals surface area contributed by atoms with E-state index in [4.69, 9.17) is 14.5 Å². The first kappa shape index (κ1) is 27.9. The molecule has 1 aliphatic rings. The van der Waals surface area contributed by atoms with Gasteiger partial charge in [-0.25, -0.2) is 9.78 Å². The van der Waals surface area contributed by atoms with Gasteiger partial charge in [-0.3, -0.25) is 19.5 Å². The highest BCUT2D eigenvalue weighted by Gasteiger charge is 2.21. The maximum atomic E-state index is 12.4. The van der Waals surface area contributed by atoms with E-state index in [0.29, 0.717) is 19.7 Å². The molecular weight excluding hydrogens is 400 g/mol. The van der Waals surface area contributed by atoms with E-state index in [-0.39, 0.29) is 18.1 Å². The lowest BCUT2D eigenvalue weighted by atomic mass is 10.2. The zero-order valence-electron chi connectivity index (χ0n) is 20.4. The zero-order valence-corrected chi connectivity index (χ0v) is 20.4. The largest absolute Gasteiger partial charge is 0.459 e. The van der Waals surface area contributed by atoms with Gasteiger partial charge in [-0.1, -0.05) is 0 Å². The van der Waals surface area contributed by atoms with Gasteiger partial charge in [0.1, 0.15) is 11.9 Å². The summed E-state index contributed by atoms with van der Waals surface area (Å²) in [5.41, 5.74) is -0.837. The Morgan fingerprint density at radius 3 is 2.03 bits per heavy atom. The van der Waals surface area contributed by atoms with Crippen LogP contribution in [0.2, 0.25) is 0 Å². The molecule has 0 spiro atoms. The van der Waals surface area contributed by atoms with Crippen molar-refractivity contribution in [1.29, 1.82) is 0 Å². The number of ether oxygens (including phenoxy) is 1. The molecule has 0 aromatic heterocycles. The molecule has 9 nitrogen and oxygen atoms in total. The first-order valence-electron chi connectivity index (χ1n) is 11.3. The summed E-state index contributed by atoms with van der Waals surface area (Å²) in [6.45, 7) is 19.6. The van der Waals surface area contributed by atoms with Gasteiger partial charge in [0, 0.05) is 58.9 Å². The maximum absolute atomic E-state index is 12.4. The summed E-state index contributed by atoms with van der Waals surface area (Å²) in [4.78, 5) is 40.7. The van der Waals surface area contributed by atoms with Gasteiger partial charge in [0.2, 0.25) is 0 Å². The zero-order chi connectivity index (χ0) is 23.3. The van der Waals surface area contributed by atoms with Gasteiger partial charge in [0.25, 0.3) is 0 Å². The third-order valence-electron chi connectivity index (χ3n) is 4.58. The van der Waals surface area contributed by atoms with Gasteiger partial charge in [0.15, 0.2) is 0 Å². The molecule has 0 aromatic carbocycles. The van der Waals surface area contributed by atoms with Crippen molar-refractivity contribution in [3.63, 3.8) is 0 Å². The van der Waals surface area contributed by atoms with Gasteiger partial charge in [-0.2, -0.15) is 0 Å². The minimum atomic E-state index is -0.505. The predicted octanol–water partition coefficient (Wildman–Crippen LogP) is 0.783. The van der Waals surface area contributed by atoms with Crippen molar-refractivity contribution in [3.8, 4) is 0 Å². The van der Waals surface area contributed by atoms with Crippen molar-refractivity contribution in [2.75, 3.05) is 78.6 Å². The second kappa shape index (κ2) is 14.1. The SMILES string of the molecule is CC(C)(C)OOCCN1CCNCCN(CC=O)CCN(CC(=O)OC(C)(C)C)CC1. The third-order valence-corrected chi connectivity index (χ3v) is 4.58. The lowest BCUT2D eigenvalue weighted by molar-refractivity contribution is -0.349. The topological polar surface area (TPSA) is 83.6 Å². The Morgan fingerprint density at radius 2 is 1.45 bits per heavy atom. The summed E-state index contributed by atoms with van der Waals surface area (Å²) in [6.07, 6.45) is 0.936. The summed E-state index contributed by atoms with van der Waals surface area (Å²) in [7, 11) is 0. The van der Waals surface area contributed by atoms with Crippen LogP contribution in [0.1, 0.15) is 41.5 Å². The molecule has 1 heterocycles. The number of carbonyl (C=O) groups excluding carboxylic acids is 2. The maximum Gasteiger partial charge on any atom is 0.320 e. The molecule has 1 aliphatic heterocycles. The molecule has 1 N–H and O–H groups in total. The van der Waals surface area contributed by atoms with E-state index in [0.717, 1.165) is 58.6 Å². The number of aldehydes is 1. The molecule has 1 rings (SSSR count). The van der Waals surface area contributed by atoms with E-state index in [9.17, 15) is 9.59 Å². The van der Waals surface area contributed by atoms with Gasteiger partial charge in [0.05, 0.1) is 25.3 Å². The first-order chi connectivity index (χ1) is 14.5. The van der Waals surface area contributed by atoms with Crippen LogP contribution >= 0.6 is 0 Å². The van der Waals surface area contributed by atoms with Crippen molar-refractivity contribution >= 4 is 12.3 Å². The number of nitrogens with zero attached hydrogens (tertiary/aromatic N) is 3. The van der Waals surface area contributed by atoms with Gasteiger partial charge < -0.3 is 14.8 Å². The molecule has 31 heavy (non-hydrogen) atoms. The molecule has 0 unspecified atom stereocenters. The smallest absolute Gasteiger partial charge is 0.320 e. The Bertz CT molecular complexity index is 519. The number of hydrogen-bond donors (Lipinski definition) is 1. The molecule has 182 valence electrons. The van der Waals surface area contributed by atoms with E-state index in [1.807, 2.05) is 41.5 Å². The Morgan fingerprint density at radius 1 is 0.871 bits per heavy atom. The minimum absolute atomic E-state index is 0.225. The van der Waals surface area contributed by atoms with Gasteiger partial charge in [-0.05, 0) is 41.5 Å². The molecule has 0 saturated carbocycles. The second-order valence-corrected chi connectivity index (χ2v) is 9.94. The molecule has 0 bridgehead atoms. The number of nitrogens with one attached hydrogen (secondary N) is 1. The fourth-order valence-corrected chi connectivity index (χ4v) is 3.11. The van der Waals surface area contributed by atoms with Gasteiger partial charge >= 0.3 is 5.97 Å². The Labute approximate surface area is 188 Å². The summed E-state index contributed by atoms with van der Waals surface area (Å²) < 4.78 is 5.52. The third kappa shape index (κ3) is 15.4. The lowest BCUT2D eigenvalue weighted by Gasteiger charge is -2.31. The van der Waals surface area contributed by atoms with Crippen LogP contribution in [0.4, 0.5) is 0 Å². The number of rotatable bonds is 8. The van der Waals surface area contributed by atoms with E-state index in [1.165, 1.54) is 0 Å². The summed E-state index contributed by atoms with van der Waals surface area (Å²) >= 11 is 0. The van der Waals surface area contributed by atoms with Crippen LogP contribution in [0.25, 0.3) is 0 Å². The predicted molar refractivity (Wildman–Crippen MR) is 121 cm³/mol. The van der Waals surface area contributed by atoms with E-state index in [2.05, 4.69) is 20.0 Å². The Kier molecular flexibility index (Phi) is 12.7. The Balaban J connectivity index is 2.68. The van der Waals surface area contributed by atoms with E-state index >= 15 is 0 Å². The highest BCUT2D eigenvalue weighted by molar-refractivity contribution is 5.72. The normalized spacial score (nSPS) is 19.4. The highest BCUT2D eigenvalue weighted by atomic mass is 17.2. The molecule has 0 atom stereocenters. The van der Waals surface area contributed by atoms with Crippen molar-refractivity contribution in [3.05, 3.63) is 0 Å². The molecule has 0 aliphatic carbocycles. The summed E-state index contributed by atoms with van der Waals surface area (Å²) in [6, 6.07) is 0. The molecule has 1 saturated heterocycles. The van der Waals surface area contributed by atoms with Crippen LogP contribution in [0, 0.1) is 0 Å². The number of hydrogen-bond acceptors (Lipinski definition) is 9. The van der Waals surface area contributed by atoms with Crippen LogP contribution in [0.3, 0.4) is 0 Å². The standard InChI is InChI=1S/C22H44N4O5/c1-21(2,3)30-20(28)19-26-13-11-24(15-17-27)9-7-23-8-10-25(12-14-26)16-18-29-31-22(4,5)6/h17,23H,7-16,18-19H2,1-6H3. The molecular formula is C22H44N4O5. The summed E-state index contributed by atoms with van der Waals surface area (Å²) in [5.74, 6) is -0.225. The van der Waals surface area contributed by atoms with Crippen molar-refractivity contribution < 1.29 is 24.1 Å². The highest BCUT2D eigenvalue weighted by Crippen LogP contribution is 2.08. The van der Waals surface area contributed by atoms with Crippen molar-refractivity contribution in [2.45, 2.75) is 52.7 Å². The van der Waals surface area contributed by atoms with Crippen LogP contribution in [-0.2, 0) is 24.1 Å². The summed E-state index contributed by atoms with van der Waals surface area (Å²) in [5, 5.41) is 3.45. The monoisotopic (exact) mass is 444 g/mol. The van der Waals surface area contributed by atoms with Crippen molar-refractivity contribution in [1.82, 2.24) is 20.0 Å². The first-order valence-corrected chi connectivity index (χ1v) is 11.3. The minimum Gasteiger partial charge on any atom is -0.459 e. The Hall–Kier alpha value is -1.10. The fourth-order valence-electron chi connectivity index (χ4n) is 3.11. The van der Waals surface area contributed by atoms with E-state index in [1.54, 1.807) is 0 Å². The average Bonchev–Trinajstić information content (AvgIpc) is 2.62. The molecule has 1 fully saturated rings. The van der Waals surface area contributed by atoms with Crippen LogP contribution in [0.15, 0.2) is 0 Å². The molecule has 0 radical (unpaired) electrons. The molecule has 0 aromatic rings. The number of esters is 1. The fraction of sp³-hybridized carbons (Fsp3) is 0.909. The molecule has 9 heteroatoms. The lowest BCUT2D eigenvalue weighted by Crippen LogP contribution is -2.47. The van der Waals surface area contributed by atoms with Gasteiger partial charge in [-0.15, -0.1) is 0 Å². The van der Waals surface area contributed by atoms with E-state index < -0.39 is 5.60 Å². The van der Waals surface area contributed by atoms with Crippen LogP contribution < -0.4 is 5.32 Å². The van der Waals surface area contributed by atoms with Crippen LogP contribution in [-0.4, -0.2) is 117 Å². The average molecular weight is 445 g/mol. The number of carbonyl (C=O) groups is 2. The molecule has 0 amide bonds. The van der Waals surface area contributed by atoms with Crippen LogP contribution in [0.5, 0.6) is 0 Å².